The van der Waals surface area contributed by atoms with E-state index in [0.29, 0.717) is 13.2 Å². The topological polar surface area (TPSA) is 27.7 Å². The molecular weight excluding hydrogens is 673 g/mol. The Morgan fingerprint density at radius 1 is 0.400 bits per heavy atom. The van der Waals surface area contributed by atoms with Gasteiger partial charge < -0.3 is 14.2 Å². The SMILES string of the molecule is CCCCCCCCOCCc1ccc(-c2ccc(-c3ccc(/C=C/c4ccc(-c5ccc(CCOCCOCCCC)s5)cc4)cc3)s2)s1. The van der Waals surface area contributed by atoms with E-state index in [1.807, 2.05) is 34.0 Å². The lowest BCUT2D eigenvalue weighted by molar-refractivity contribution is 0.0480. The van der Waals surface area contributed by atoms with E-state index in [-0.39, 0.29) is 0 Å². The van der Waals surface area contributed by atoms with E-state index in [9.17, 15) is 0 Å². The number of thiophene rings is 3. The predicted molar refractivity (Wildman–Crippen MR) is 220 cm³/mol. The van der Waals surface area contributed by atoms with Gasteiger partial charge in [0.2, 0.25) is 0 Å². The highest BCUT2D eigenvalue weighted by molar-refractivity contribution is 7.23. The summed E-state index contributed by atoms with van der Waals surface area (Å²) in [4.78, 5) is 8.05. The van der Waals surface area contributed by atoms with Crippen LogP contribution in [0.5, 0.6) is 0 Å². The molecule has 0 aliphatic carbocycles. The molecule has 0 atom stereocenters. The second-order valence-electron chi connectivity index (χ2n) is 12.7. The van der Waals surface area contributed by atoms with Crippen molar-refractivity contribution in [3.63, 3.8) is 0 Å². The van der Waals surface area contributed by atoms with Crippen molar-refractivity contribution in [1.82, 2.24) is 0 Å². The van der Waals surface area contributed by atoms with Crippen molar-refractivity contribution >= 4 is 46.2 Å². The van der Waals surface area contributed by atoms with Gasteiger partial charge in [0, 0.05) is 55.3 Å². The first-order valence-corrected chi connectivity index (χ1v) is 21.1. The lowest BCUT2D eigenvalue weighted by Gasteiger charge is -2.04. The molecule has 0 radical (unpaired) electrons. The van der Waals surface area contributed by atoms with Crippen LogP contribution in [0, 0.1) is 0 Å². The summed E-state index contributed by atoms with van der Waals surface area (Å²) >= 11 is 5.62. The second-order valence-corrected chi connectivity index (χ2v) is 16.2. The first-order valence-electron chi connectivity index (χ1n) is 18.6. The molecule has 0 spiro atoms. The van der Waals surface area contributed by atoms with Crippen molar-refractivity contribution in [1.29, 1.82) is 0 Å². The summed E-state index contributed by atoms with van der Waals surface area (Å²) < 4.78 is 17.2. The molecule has 0 unspecified atom stereocenters. The van der Waals surface area contributed by atoms with Gasteiger partial charge in [-0.25, -0.2) is 0 Å². The van der Waals surface area contributed by atoms with Gasteiger partial charge in [0.15, 0.2) is 0 Å². The lowest BCUT2D eigenvalue weighted by Crippen LogP contribution is -2.07. The van der Waals surface area contributed by atoms with Crippen LogP contribution in [-0.4, -0.2) is 39.6 Å². The minimum atomic E-state index is 0.670. The largest absolute Gasteiger partial charge is 0.381 e. The lowest BCUT2D eigenvalue weighted by atomic mass is 10.1. The molecule has 0 N–H and O–H groups in total. The van der Waals surface area contributed by atoms with Gasteiger partial charge in [-0.3, -0.25) is 0 Å². The highest BCUT2D eigenvalue weighted by Crippen LogP contribution is 2.38. The maximum absolute atomic E-state index is 5.92. The summed E-state index contributed by atoms with van der Waals surface area (Å²) in [7, 11) is 0. The molecule has 5 aromatic rings. The van der Waals surface area contributed by atoms with E-state index in [4.69, 9.17) is 14.2 Å². The third kappa shape index (κ3) is 13.0. The van der Waals surface area contributed by atoms with Crippen molar-refractivity contribution in [2.24, 2.45) is 0 Å². The molecule has 266 valence electrons. The normalized spacial score (nSPS) is 11.6. The molecule has 0 saturated carbocycles. The van der Waals surface area contributed by atoms with Crippen LogP contribution in [0.3, 0.4) is 0 Å². The van der Waals surface area contributed by atoms with Crippen LogP contribution in [0.25, 0.3) is 42.8 Å². The summed E-state index contributed by atoms with van der Waals surface area (Å²) in [5.41, 5.74) is 4.93. The van der Waals surface area contributed by atoms with E-state index in [0.717, 1.165) is 45.7 Å². The Morgan fingerprint density at radius 2 is 0.840 bits per heavy atom. The standard InChI is InChI=1S/C44H54O3S3/c1-3-5-7-8-9-10-30-45-31-27-40-22-24-43(49-40)44-26-25-42(50-44)38-19-15-36(16-20-38)12-11-35-13-17-37(18-14-35)41-23-21-39(48-41)28-32-47-34-33-46-29-6-4-2/h11-26H,3-10,27-34H2,1-2H3/b12-11+. The summed E-state index contributed by atoms with van der Waals surface area (Å²) in [6, 6.07) is 31.3. The molecule has 3 heterocycles. The summed E-state index contributed by atoms with van der Waals surface area (Å²) in [6.45, 7) is 9.09. The average Bonchev–Trinajstić information content (AvgIpc) is 3.94. The van der Waals surface area contributed by atoms with Crippen LogP contribution < -0.4 is 0 Å². The third-order valence-electron chi connectivity index (χ3n) is 8.67. The molecule has 0 saturated heterocycles. The molecular formula is C44H54O3S3. The van der Waals surface area contributed by atoms with E-state index < -0.39 is 0 Å². The fourth-order valence-corrected chi connectivity index (χ4v) is 8.73. The minimum absolute atomic E-state index is 0.670. The zero-order valence-corrected chi connectivity index (χ0v) is 32.5. The maximum Gasteiger partial charge on any atom is 0.0700 e. The number of ether oxygens (including phenoxy) is 3. The Balaban J connectivity index is 1.03. The van der Waals surface area contributed by atoms with Crippen molar-refractivity contribution in [3.05, 3.63) is 106 Å². The number of rotatable bonds is 24. The molecule has 3 nitrogen and oxygen atoms in total. The van der Waals surface area contributed by atoms with Gasteiger partial charge in [-0.1, -0.05) is 113 Å². The van der Waals surface area contributed by atoms with Gasteiger partial charge >= 0.3 is 0 Å². The Hall–Kier alpha value is -2.84. The molecule has 0 amide bonds. The van der Waals surface area contributed by atoms with Crippen LogP contribution in [0.1, 0.15) is 86.1 Å². The predicted octanol–water partition coefficient (Wildman–Crippen LogP) is 13.3. The fourth-order valence-electron chi connectivity index (χ4n) is 5.65. The Morgan fingerprint density at radius 3 is 1.48 bits per heavy atom. The highest BCUT2D eigenvalue weighted by Gasteiger charge is 2.09. The highest BCUT2D eigenvalue weighted by atomic mass is 32.1. The minimum Gasteiger partial charge on any atom is -0.381 e. The van der Waals surface area contributed by atoms with E-state index in [1.54, 1.807) is 0 Å². The van der Waals surface area contributed by atoms with Crippen molar-refractivity contribution in [3.8, 4) is 30.6 Å². The average molecular weight is 727 g/mol. The molecule has 0 fully saturated rings. The van der Waals surface area contributed by atoms with Crippen molar-refractivity contribution < 1.29 is 14.2 Å². The number of benzene rings is 2. The molecule has 2 aromatic carbocycles. The van der Waals surface area contributed by atoms with Gasteiger partial charge in [-0.15, -0.1) is 34.0 Å². The maximum atomic E-state index is 5.92. The van der Waals surface area contributed by atoms with Crippen LogP contribution >= 0.6 is 34.0 Å². The quantitative estimate of drug-likeness (QED) is 0.0468. The zero-order chi connectivity index (χ0) is 34.6. The van der Waals surface area contributed by atoms with Gasteiger partial charge in [0.25, 0.3) is 0 Å². The molecule has 6 heteroatoms. The molecule has 3 aromatic heterocycles. The van der Waals surface area contributed by atoms with Crippen LogP contribution in [-0.2, 0) is 27.1 Å². The van der Waals surface area contributed by atoms with Crippen LogP contribution in [0.2, 0.25) is 0 Å². The molecule has 0 aliphatic rings. The summed E-state index contributed by atoms with van der Waals surface area (Å²) in [5, 5.41) is 0. The van der Waals surface area contributed by atoms with Gasteiger partial charge in [-0.05, 0) is 71.5 Å². The van der Waals surface area contributed by atoms with Crippen molar-refractivity contribution in [2.75, 3.05) is 39.6 Å². The number of hydrogen-bond acceptors (Lipinski definition) is 6. The van der Waals surface area contributed by atoms with Gasteiger partial charge in [-0.2, -0.15) is 0 Å². The van der Waals surface area contributed by atoms with E-state index in [2.05, 4.69) is 111 Å². The Bertz CT molecular complexity index is 1660. The van der Waals surface area contributed by atoms with Crippen LogP contribution in [0.15, 0.2) is 84.9 Å². The monoisotopic (exact) mass is 726 g/mol. The van der Waals surface area contributed by atoms with E-state index in [1.165, 1.54) is 96.5 Å². The summed E-state index contributed by atoms with van der Waals surface area (Å²) in [6.07, 6.45) is 16.5. The second kappa shape index (κ2) is 22.2. The number of unbranched alkanes of at least 4 members (excludes halogenated alkanes) is 6. The Labute approximate surface area is 313 Å². The van der Waals surface area contributed by atoms with Gasteiger partial charge in [0.1, 0.15) is 0 Å². The molecule has 0 aliphatic heterocycles. The van der Waals surface area contributed by atoms with Gasteiger partial charge in [0.05, 0.1) is 26.4 Å². The smallest absolute Gasteiger partial charge is 0.0700 e. The molecule has 5 rings (SSSR count). The number of hydrogen-bond donors (Lipinski definition) is 0. The van der Waals surface area contributed by atoms with Crippen molar-refractivity contribution in [2.45, 2.75) is 78.1 Å². The third-order valence-corrected chi connectivity index (χ3v) is 12.3. The summed E-state index contributed by atoms with van der Waals surface area (Å²) in [5.74, 6) is 0. The first kappa shape index (κ1) is 38.4. The Kier molecular flexibility index (Phi) is 17.0. The van der Waals surface area contributed by atoms with E-state index >= 15 is 0 Å². The first-order chi connectivity index (χ1) is 24.7. The fraction of sp³-hybridized carbons (Fsp3) is 0.409. The molecule has 0 bridgehead atoms. The van der Waals surface area contributed by atoms with Crippen LogP contribution in [0.4, 0.5) is 0 Å². The molecule has 50 heavy (non-hydrogen) atoms. The zero-order valence-electron chi connectivity index (χ0n) is 30.0.